The van der Waals surface area contributed by atoms with Crippen molar-refractivity contribution in [3.63, 3.8) is 0 Å². The molecule has 0 saturated carbocycles. The maximum atomic E-state index is 12.4. The van der Waals surface area contributed by atoms with Crippen LogP contribution in [-0.2, 0) is 9.53 Å². The molecule has 0 bridgehead atoms. The second-order valence-electron chi connectivity index (χ2n) is 5.47. The molecular weight excluding hydrogens is 266 g/mol. The molecule has 2 atom stereocenters. The van der Waals surface area contributed by atoms with Crippen molar-refractivity contribution in [3.05, 3.63) is 24.3 Å². The fourth-order valence-electron chi connectivity index (χ4n) is 2.50. The molecule has 1 aromatic rings. The van der Waals surface area contributed by atoms with Crippen molar-refractivity contribution < 1.29 is 14.3 Å². The predicted octanol–water partition coefficient (Wildman–Crippen LogP) is 3.87. The van der Waals surface area contributed by atoms with Crippen LogP contribution < -0.4 is 10.1 Å². The molecule has 0 aliphatic heterocycles. The van der Waals surface area contributed by atoms with E-state index in [1.807, 2.05) is 31.2 Å². The number of rotatable bonds is 8. The number of esters is 1. The van der Waals surface area contributed by atoms with E-state index in [0.717, 1.165) is 24.3 Å². The Labute approximate surface area is 127 Å². The van der Waals surface area contributed by atoms with Gasteiger partial charge in [-0.2, -0.15) is 0 Å². The first-order valence-electron chi connectivity index (χ1n) is 7.52. The summed E-state index contributed by atoms with van der Waals surface area (Å²) < 4.78 is 10.4. The Morgan fingerprint density at radius 3 is 2.48 bits per heavy atom. The summed E-state index contributed by atoms with van der Waals surface area (Å²) in [5, 5.41) is 3.38. The number of anilines is 1. The Hall–Kier alpha value is -1.71. The monoisotopic (exact) mass is 293 g/mol. The molecule has 4 nitrogen and oxygen atoms in total. The number of carbonyl (C=O) groups excluding carboxylic acids is 1. The number of ether oxygens (including phenoxy) is 2. The number of methoxy groups -OCH3 is 2. The zero-order chi connectivity index (χ0) is 15.9. The summed E-state index contributed by atoms with van der Waals surface area (Å²) in [6.07, 6.45) is 2.40. The second-order valence-corrected chi connectivity index (χ2v) is 5.47. The number of para-hydroxylation sites is 2. The van der Waals surface area contributed by atoms with Crippen LogP contribution in [0.25, 0.3) is 0 Å². The maximum absolute atomic E-state index is 12.4. The van der Waals surface area contributed by atoms with Crippen LogP contribution in [0.15, 0.2) is 24.3 Å². The summed E-state index contributed by atoms with van der Waals surface area (Å²) in [4.78, 5) is 12.4. The minimum atomic E-state index is -0.723. The summed E-state index contributed by atoms with van der Waals surface area (Å²) in [5.74, 6) is 0.922. The van der Waals surface area contributed by atoms with Gasteiger partial charge < -0.3 is 14.8 Å². The van der Waals surface area contributed by atoms with Crippen LogP contribution in [0.3, 0.4) is 0 Å². The molecular formula is C17H27NO3. The molecule has 0 aliphatic rings. The van der Waals surface area contributed by atoms with Gasteiger partial charge in [-0.3, -0.25) is 0 Å². The number of hydrogen-bond acceptors (Lipinski definition) is 4. The Morgan fingerprint density at radius 1 is 1.29 bits per heavy atom. The largest absolute Gasteiger partial charge is 0.495 e. The molecule has 0 fully saturated rings. The first kappa shape index (κ1) is 17.3. The van der Waals surface area contributed by atoms with Crippen LogP contribution in [-0.4, -0.2) is 25.7 Å². The van der Waals surface area contributed by atoms with E-state index in [1.54, 1.807) is 7.11 Å². The van der Waals surface area contributed by atoms with E-state index >= 15 is 0 Å². The van der Waals surface area contributed by atoms with Gasteiger partial charge in [-0.05, 0) is 30.9 Å². The van der Waals surface area contributed by atoms with Gasteiger partial charge >= 0.3 is 5.97 Å². The lowest BCUT2D eigenvalue weighted by Crippen LogP contribution is -2.48. The average molecular weight is 293 g/mol. The van der Waals surface area contributed by atoms with Crippen molar-refractivity contribution in [3.8, 4) is 5.75 Å². The Bertz CT molecular complexity index is 461. The molecule has 1 N–H and O–H groups in total. The minimum Gasteiger partial charge on any atom is -0.495 e. The molecule has 0 aromatic heterocycles. The van der Waals surface area contributed by atoms with E-state index in [4.69, 9.17) is 9.47 Å². The third kappa shape index (κ3) is 4.13. The summed E-state index contributed by atoms with van der Waals surface area (Å²) >= 11 is 0. The topological polar surface area (TPSA) is 47.6 Å². The predicted molar refractivity (Wildman–Crippen MR) is 85.7 cm³/mol. The lowest BCUT2D eigenvalue weighted by molar-refractivity contribution is -0.146. The molecule has 0 heterocycles. The standard InChI is InChI=1S/C17H27NO3/c1-6-13(3)12-17(7-2,16(19)21-5)18-14-10-8-9-11-15(14)20-4/h8-11,13,18H,6-7,12H2,1-5H3. The van der Waals surface area contributed by atoms with E-state index in [9.17, 15) is 4.79 Å². The Morgan fingerprint density at radius 2 is 1.95 bits per heavy atom. The smallest absolute Gasteiger partial charge is 0.331 e. The Balaban J connectivity index is 3.14. The van der Waals surface area contributed by atoms with E-state index in [2.05, 4.69) is 19.2 Å². The third-order valence-corrected chi connectivity index (χ3v) is 4.05. The quantitative estimate of drug-likeness (QED) is 0.739. The normalized spacial score (nSPS) is 14.9. The highest BCUT2D eigenvalue weighted by Gasteiger charge is 2.39. The van der Waals surface area contributed by atoms with Gasteiger partial charge in [-0.15, -0.1) is 0 Å². The van der Waals surface area contributed by atoms with Crippen molar-refractivity contribution in [2.45, 2.75) is 45.6 Å². The van der Waals surface area contributed by atoms with Gasteiger partial charge in [0.25, 0.3) is 0 Å². The van der Waals surface area contributed by atoms with Crippen LogP contribution in [0.4, 0.5) is 5.69 Å². The molecule has 118 valence electrons. The van der Waals surface area contributed by atoms with E-state index < -0.39 is 5.54 Å². The van der Waals surface area contributed by atoms with Gasteiger partial charge in [0, 0.05) is 0 Å². The molecule has 2 unspecified atom stereocenters. The summed E-state index contributed by atoms with van der Waals surface area (Å²) in [6.45, 7) is 6.28. The molecule has 21 heavy (non-hydrogen) atoms. The van der Waals surface area contributed by atoms with Gasteiger partial charge in [0.1, 0.15) is 11.3 Å². The highest BCUT2D eigenvalue weighted by Crippen LogP contribution is 2.33. The highest BCUT2D eigenvalue weighted by atomic mass is 16.5. The average Bonchev–Trinajstić information content (AvgIpc) is 2.53. The summed E-state index contributed by atoms with van der Waals surface area (Å²) in [6, 6.07) is 7.63. The first-order valence-corrected chi connectivity index (χ1v) is 7.52. The number of nitrogens with one attached hydrogen (secondary N) is 1. The van der Waals surface area contributed by atoms with Crippen LogP contribution in [0.5, 0.6) is 5.75 Å². The molecule has 4 heteroatoms. The van der Waals surface area contributed by atoms with Gasteiger partial charge in [0.15, 0.2) is 0 Å². The zero-order valence-electron chi connectivity index (χ0n) is 13.7. The van der Waals surface area contributed by atoms with E-state index in [0.29, 0.717) is 12.3 Å². The molecule has 0 aliphatic carbocycles. The summed E-state index contributed by atoms with van der Waals surface area (Å²) in [5.41, 5.74) is 0.0919. The lowest BCUT2D eigenvalue weighted by atomic mass is 9.84. The van der Waals surface area contributed by atoms with Gasteiger partial charge in [-0.1, -0.05) is 39.3 Å². The number of benzene rings is 1. The van der Waals surface area contributed by atoms with Crippen molar-refractivity contribution in [2.24, 2.45) is 5.92 Å². The SMILES string of the molecule is CCC(C)CC(CC)(Nc1ccccc1OC)C(=O)OC. The third-order valence-electron chi connectivity index (χ3n) is 4.05. The Kier molecular flexibility index (Phi) is 6.53. The first-order chi connectivity index (χ1) is 10.0. The van der Waals surface area contributed by atoms with Gasteiger partial charge in [-0.25, -0.2) is 4.79 Å². The molecule has 0 radical (unpaired) electrons. The second kappa shape index (κ2) is 7.91. The zero-order valence-corrected chi connectivity index (χ0v) is 13.7. The van der Waals surface area contributed by atoms with Crippen molar-refractivity contribution in [2.75, 3.05) is 19.5 Å². The fourth-order valence-corrected chi connectivity index (χ4v) is 2.50. The van der Waals surface area contributed by atoms with Crippen molar-refractivity contribution in [1.82, 2.24) is 0 Å². The maximum Gasteiger partial charge on any atom is 0.331 e. The van der Waals surface area contributed by atoms with Crippen LogP contribution in [0.1, 0.15) is 40.0 Å². The van der Waals surface area contributed by atoms with Crippen molar-refractivity contribution in [1.29, 1.82) is 0 Å². The van der Waals surface area contributed by atoms with Gasteiger partial charge in [0.2, 0.25) is 0 Å². The van der Waals surface area contributed by atoms with Gasteiger partial charge in [0.05, 0.1) is 19.9 Å². The molecule has 0 saturated heterocycles. The van der Waals surface area contributed by atoms with E-state index in [-0.39, 0.29) is 5.97 Å². The molecule has 1 aromatic carbocycles. The van der Waals surface area contributed by atoms with Crippen LogP contribution >= 0.6 is 0 Å². The number of carbonyl (C=O) groups is 1. The molecule has 1 rings (SSSR count). The highest BCUT2D eigenvalue weighted by molar-refractivity contribution is 5.85. The van der Waals surface area contributed by atoms with E-state index in [1.165, 1.54) is 7.11 Å². The molecule has 0 spiro atoms. The molecule has 0 amide bonds. The lowest BCUT2D eigenvalue weighted by Gasteiger charge is -2.34. The number of hydrogen-bond donors (Lipinski definition) is 1. The van der Waals surface area contributed by atoms with Crippen molar-refractivity contribution >= 4 is 11.7 Å². The minimum absolute atomic E-state index is 0.226. The summed E-state index contributed by atoms with van der Waals surface area (Å²) in [7, 11) is 3.06. The fraction of sp³-hybridized carbons (Fsp3) is 0.588. The van der Waals surface area contributed by atoms with Crippen LogP contribution in [0, 0.1) is 5.92 Å². The van der Waals surface area contributed by atoms with Crippen LogP contribution in [0.2, 0.25) is 0 Å².